The van der Waals surface area contributed by atoms with Crippen molar-refractivity contribution in [3.05, 3.63) is 75.3 Å². The van der Waals surface area contributed by atoms with Gasteiger partial charge in [0, 0.05) is 16.0 Å². The number of thioether (sulfide) groups is 1. The first-order chi connectivity index (χ1) is 14.6. The second kappa shape index (κ2) is 8.22. The third-order valence-electron chi connectivity index (χ3n) is 5.67. The van der Waals surface area contributed by atoms with Gasteiger partial charge in [0.2, 0.25) is 0 Å². The zero-order valence-corrected chi connectivity index (χ0v) is 18.4. The van der Waals surface area contributed by atoms with Gasteiger partial charge < -0.3 is 0 Å². The van der Waals surface area contributed by atoms with Crippen LogP contribution < -0.4 is 0 Å². The summed E-state index contributed by atoms with van der Waals surface area (Å²) in [5.74, 6) is 0.525. The van der Waals surface area contributed by atoms with Crippen molar-refractivity contribution in [1.29, 1.82) is 0 Å². The van der Waals surface area contributed by atoms with Crippen molar-refractivity contribution in [3.8, 4) is 0 Å². The maximum atomic E-state index is 11.8. The molecule has 2 atom stereocenters. The van der Waals surface area contributed by atoms with Crippen LogP contribution in [0.1, 0.15) is 36.4 Å². The highest BCUT2D eigenvalue weighted by Gasteiger charge is 2.44. The molecule has 7 heteroatoms. The van der Waals surface area contributed by atoms with Gasteiger partial charge in [-0.2, -0.15) is 10.1 Å². The van der Waals surface area contributed by atoms with E-state index in [0.29, 0.717) is 15.9 Å². The molecular weight excluding hydrogens is 437 g/mol. The molecule has 2 aromatic rings. The second-order valence-corrected chi connectivity index (χ2v) is 9.44. The van der Waals surface area contributed by atoms with Crippen LogP contribution in [0.4, 0.5) is 0 Å². The van der Waals surface area contributed by atoms with E-state index in [2.05, 4.69) is 23.2 Å². The molecule has 2 aromatic carbocycles. The lowest BCUT2D eigenvalue weighted by molar-refractivity contribution is -0.115. The summed E-state index contributed by atoms with van der Waals surface area (Å²) in [6.45, 7) is 0. The molecule has 1 fully saturated rings. The van der Waals surface area contributed by atoms with Crippen molar-refractivity contribution in [1.82, 2.24) is 5.01 Å². The van der Waals surface area contributed by atoms with Crippen LogP contribution in [0.25, 0.3) is 6.08 Å². The van der Waals surface area contributed by atoms with E-state index in [1.54, 1.807) is 0 Å². The summed E-state index contributed by atoms with van der Waals surface area (Å²) in [4.78, 5) is 16.1. The molecule has 2 aliphatic heterocycles. The predicted octanol–water partition coefficient (Wildman–Crippen LogP) is 6.22. The van der Waals surface area contributed by atoms with Crippen LogP contribution in [0, 0.1) is 5.92 Å². The van der Waals surface area contributed by atoms with E-state index in [-0.39, 0.29) is 17.9 Å². The first-order valence-corrected chi connectivity index (χ1v) is 11.7. The minimum absolute atomic E-state index is 0.0170. The Hall–Kier alpha value is -2.08. The van der Waals surface area contributed by atoms with Crippen molar-refractivity contribution < 1.29 is 4.79 Å². The van der Waals surface area contributed by atoms with Crippen LogP contribution in [0.15, 0.2) is 64.2 Å². The monoisotopic (exact) mass is 455 g/mol. The first kappa shape index (κ1) is 19.9. The van der Waals surface area contributed by atoms with E-state index in [9.17, 15) is 4.79 Å². The van der Waals surface area contributed by atoms with E-state index in [1.807, 2.05) is 41.4 Å². The minimum atomic E-state index is -0.100. The molecule has 5 rings (SSSR count). The van der Waals surface area contributed by atoms with E-state index < -0.39 is 0 Å². The number of rotatable bonds is 2. The summed E-state index contributed by atoms with van der Waals surface area (Å²) < 4.78 is 0. The molecule has 3 aliphatic rings. The van der Waals surface area contributed by atoms with Gasteiger partial charge in [-0.1, -0.05) is 59.2 Å². The number of hydrazone groups is 1. The van der Waals surface area contributed by atoms with Crippen LogP contribution in [0.3, 0.4) is 0 Å². The Morgan fingerprint density at radius 1 is 1.03 bits per heavy atom. The summed E-state index contributed by atoms with van der Waals surface area (Å²) >= 11 is 13.6. The smallest absolute Gasteiger partial charge is 0.258 e. The van der Waals surface area contributed by atoms with Crippen molar-refractivity contribution in [2.75, 3.05) is 5.75 Å². The number of hydrogen-bond donors (Lipinski definition) is 0. The van der Waals surface area contributed by atoms with Gasteiger partial charge in [0.1, 0.15) is 0 Å². The Labute approximate surface area is 189 Å². The fourth-order valence-electron chi connectivity index (χ4n) is 4.33. The van der Waals surface area contributed by atoms with Crippen molar-refractivity contribution in [3.63, 3.8) is 0 Å². The zero-order chi connectivity index (χ0) is 20.7. The number of halogens is 2. The maximum absolute atomic E-state index is 11.8. The number of allylic oxidation sites excluding steroid dienone is 1. The molecule has 0 N–H and O–H groups in total. The molecule has 0 radical (unpaired) electrons. The van der Waals surface area contributed by atoms with Crippen LogP contribution in [0.2, 0.25) is 10.0 Å². The van der Waals surface area contributed by atoms with Crippen molar-refractivity contribution in [2.24, 2.45) is 16.0 Å². The molecule has 0 saturated heterocycles. The number of amidine groups is 1. The van der Waals surface area contributed by atoms with Gasteiger partial charge in [-0.25, -0.2) is 5.01 Å². The lowest BCUT2D eigenvalue weighted by Crippen LogP contribution is -2.30. The van der Waals surface area contributed by atoms with E-state index in [0.717, 1.165) is 41.1 Å². The molecule has 1 aliphatic carbocycles. The van der Waals surface area contributed by atoms with Crippen LogP contribution in [-0.2, 0) is 4.79 Å². The molecule has 4 nitrogen and oxygen atoms in total. The molecule has 0 bridgehead atoms. The average Bonchev–Trinajstić information content (AvgIpc) is 3.34. The van der Waals surface area contributed by atoms with Crippen molar-refractivity contribution in [2.45, 2.75) is 25.3 Å². The average molecular weight is 456 g/mol. The SMILES string of the molecule is O=C1CSC(N2N=C3/C(=C\c4ccc(Cl)cc4)CCC[C@H]3[C@H]2c2ccc(Cl)cc2)=N1. The second-order valence-electron chi connectivity index (χ2n) is 7.62. The molecule has 2 heterocycles. The third-order valence-corrected chi connectivity index (χ3v) is 7.10. The number of amides is 1. The molecule has 0 aromatic heterocycles. The van der Waals surface area contributed by atoms with E-state index in [1.165, 1.54) is 17.3 Å². The van der Waals surface area contributed by atoms with Gasteiger partial charge in [-0.3, -0.25) is 4.79 Å². The summed E-state index contributed by atoms with van der Waals surface area (Å²) in [5, 5.41) is 9.10. The normalized spacial score (nSPS) is 24.8. The van der Waals surface area contributed by atoms with Gasteiger partial charge in [-0.15, -0.1) is 0 Å². The summed E-state index contributed by atoms with van der Waals surface area (Å²) in [7, 11) is 0. The zero-order valence-electron chi connectivity index (χ0n) is 16.1. The largest absolute Gasteiger partial charge is 0.272 e. The number of carbonyl (C=O) groups is 1. The highest BCUT2D eigenvalue weighted by Crippen LogP contribution is 2.46. The summed E-state index contributed by atoms with van der Waals surface area (Å²) in [6.07, 6.45) is 5.34. The Morgan fingerprint density at radius 2 is 1.73 bits per heavy atom. The van der Waals surface area contributed by atoms with Gasteiger partial charge in [0.25, 0.3) is 5.91 Å². The van der Waals surface area contributed by atoms with Gasteiger partial charge in [0.05, 0.1) is 17.5 Å². The lowest BCUT2D eigenvalue weighted by atomic mass is 9.77. The fraction of sp³-hybridized carbons (Fsp3) is 0.261. The van der Waals surface area contributed by atoms with E-state index >= 15 is 0 Å². The molecule has 1 amide bonds. The first-order valence-electron chi connectivity index (χ1n) is 9.92. The Kier molecular flexibility index (Phi) is 5.44. The van der Waals surface area contributed by atoms with E-state index in [4.69, 9.17) is 28.3 Å². The van der Waals surface area contributed by atoms with Crippen LogP contribution >= 0.6 is 35.0 Å². The molecule has 152 valence electrons. The molecule has 0 spiro atoms. The predicted molar refractivity (Wildman–Crippen MR) is 125 cm³/mol. The highest BCUT2D eigenvalue weighted by atomic mass is 35.5. The lowest BCUT2D eigenvalue weighted by Gasteiger charge is -2.30. The van der Waals surface area contributed by atoms with Gasteiger partial charge in [0.15, 0.2) is 5.17 Å². The molecular formula is C23H19Cl2N3OS. The minimum Gasteiger partial charge on any atom is -0.272 e. The third kappa shape index (κ3) is 3.82. The number of benzene rings is 2. The van der Waals surface area contributed by atoms with Gasteiger partial charge in [-0.05, 0) is 66.3 Å². The Balaban J connectivity index is 1.56. The van der Waals surface area contributed by atoms with Gasteiger partial charge >= 0.3 is 0 Å². The topological polar surface area (TPSA) is 45.0 Å². The Bertz CT molecular complexity index is 1080. The molecule has 1 saturated carbocycles. The maximum Gasteiger partial charge on any atom is 0.258 e. The quantitative estimate of drug-likeness (QED) is 0.539. The number of nitrogens with zero attached hydrogens (tertiary/aromatic N) is 3. The number of carbonyl (C=O) groups excluding carboxylic acids is 1. The van der Waals surface area contributed by atoms with Crippen LogP contribution in [-0.4, -0.2) is 27.5 Å². The summed E-state index contributed by atoms with van der Waals surface area (Å²) in [5.41, 5.74) is 4.59. The number of aliphatic imine (C=N–C) groups is 1. The standard InChI is InChI=1S/C23H19Cl2N3OS/c24-17-8-4-14(5-9-17)12-16-2-1-3-19-21(16)27-28(23-26-20(29)13-30-23)22(19)15-6-10-18(25)11-7-15/h4-12,19,22H,1-3,13H2/b16-12-/t19-,22-/m1/s1. The number of hydrogen-bond acceptors (Lipinski definition) is 4. The molecule has 30 heavy (non-hydrogen) atoms. The fourth-order valence-corrected chi connectivity index (χ4v) is 5.35. The highest BCUT2D eigenvalue weighted by molar-refractivity contribution is 8.14. The van der Waals surface area contributed by atoms with Crippen LogP contribution in [0.5, 0.6) is 0 Å². The molecule has 0 unspecified atom stereocenters. The Morgan fingerprint density at radius 3 is 2.40 bits per heavy atom. The van der Waals surface area contributed by atoms with Crippen molar-refractivity contribution >= 4 is 57.8 Å². The summed E-state index contributed by atoms with van der Waals surface area (Å²) in [6, 6.07) is 15.8. The number of fused-ring (bicyclic) bond motifs is 1.